The Morgan fingerprint density at radius 1 is 1.53 bits per heavy atom. The third-order valence-corrected chi connectivity index (χ3v) is 2.03. The van der Waals surface area contributed by atoms with Gasteiger partial charge in [-0.3, -0.25) is 0 Å². The Hall–Kier alpha value is -2.08. The molecule has 0 radical (unpaired) electrons. The Kier molecular flexibility index (Phi) is 3.64. The number of nitriles is 1. The van der Waals surface area contributed by atoms with E-state index in [4.69, 9.17) is 5.26 Å². The first-order valence-corrected chi connectivity index (χ1v) is 4.44. The lowest BCUT2D eigenvalue weighted by Crippen LogP contribution is -2.01. The lowest BCUT2D eigenvalue weighted by molar-refractivity contribution is 0.0600. The van der Waals surface area contributed by atoms with Crippen molar-refractivity contribution in [2.75, 3.05) is 7.11 Å². The number of rotatable bonds is 2. The second-order valence-corrected chi connectivity index (χ2v) is 3.03. The third-order valence-electron chi connectivity index (χ3n) is 2.03. The second-order valence-electron chi connectivity index (χ2n) is 3.03. The molecule has 0 atom stereocenters. The van der Waals surface area contributed by atoms with Crippen LogP contribution in [0.4, 0.5) is 0 Å². The van der Waals surface area contributed by atoms with Crippen LogP contribution in [0.25, 0.3) is 6.08 Å². The van der Waals surface area contributed by atoms with Crippen LogP contribution in [0.3, 0.4) is 0 Å². The first-order valence-electron chi connectivity index (χ1n) is 4.44. The third kappa shape index (κ3) is 2.68. The average Bonchev–Trinajstić information content (AvgIpc) is 2.26. The van der Waals surface area contributed by atoms with Crippen molar-refractivity contribution in [2.45, 2.75) is 6.92 Å². The van der Waals surface area contributed by atoms with Crippen LogP contribution in [0.2, 0.25) is 0 Å². The van der Waals surface area contributed by atoms with Crippen LogP contribution in [-0.4, -0.2) is 13.1 Å². The highest BCUT2D eigenvalue weighted by molar-refractivity contribution is 5.89. The maximum Gasteiger partial charge on any atom is 0.337 e. The number of carbonyl (C=O) groups excluding carboxylic acids is 1. The van der Waals surface area contributed by atoms with E-state index in [1.807, 2.05) is 13.0 Å². The van der Waals surface area contributed by atoms with E-state index in [-0.39, 0.29) is 5.97 Å². The van der Waals surface area contributed by atoms with Gasteiger partial charge in [0.25, 0.3) is 0 Å². The van der Waals surface area contributed by atoms with E-state index in [1.165, 1.54) is 13.2 Å². The van der Waals surface area contributed by atoms with E-state index in [2.05, 4.69) is 4.74 Å². The molecule has 0 saturated carbocycles. The number of aryl methyl sites for hydroxylation is 1. The maximum atomic E-state index is 11.2. The predicted molar refractivity (Wildman–Crippen MR) is 57.2 cm³/mol. The van der Waals surface area contributed by atoms with Crippen molar-refractivity contribution < 1.29 is 9.53 Å². The van der Waals surface area contributed by atoms with Gasteiger partial charge in [0.1, 0.15) is 0 Å². The summed E-state index contributed by atoms with van der Waals surface area (Å²) in [7, 11) is 1.35. The summed E-state index contributed by atoms with van der Waals surface area (Å²) in [4.78, 5) is 11.2. The molecule has 3 heteroatoms. The van der Waals surface area contributed by atoms with E-state index in [0.717, 1.165) is 11.1 Å². The van der Waals surface area contributed by atoms with Gasteiger partial charge < -0.3 is 4.74 Å². The van der Waals surface area contributed by atoms with Crippen LogP contribution in [-0.2, 0) is 4.74 Å². The molecule has 0 spiro atoms. The fourth-order valence-electron chi connectivity index (χ4n) is 1.23. The minimum absolute atomic E-state index is 0.353. The molecule has 0 unspecified atom stereocenters. The van der Waals surface area contributed by atoms with E-state index in [0.29, 0.717) is 5.56 Å². The zero-order valence-corrected chi connectivity index (χ0v) is 8.65. The molecule has 1 aromatic carbocycles. The molecule has 15 heavy (non-hydrogen) atoms. The highest BCUT2D eigenvalue weighted by Crippen LogP contribution is 2.13. The van der Waals surface area contributed by atoms with E-state index < -0.39 is 0 Å². The van der Waals surface area contributed by atoms with Crippen molar-refractivity contribution in [1.29, 1.82) is 5.26 Å². The Bertz CT molecular complexity index is 441. The van der Waals surface area contributed by atoms with Crippen molar-refractivity contribution in [3.05, 3.63) is 41.0 Å². The number of nitrogens with zero attached hydrogens (tertiary/aromatic N) is 1. The normalized spacial score (nSPS) is 9.93. The lowest BCUT2D eigenvalue weighted by atomic mass is 10.0. The zero-order chi connectivity index (χ0) is 11.3. The first-order chi connectivity index (χ1) is 7.19. The van der Waals surface area contributed by atoms with Crippen LogP contribution >= 0.6 is 0 Å². The molecule has 0 amide bonds. The summed E-state index contributed by atoms with van der Waals surface area (Å²) in [6.07, 6.45) is 3.11. The number of ether oxygens (including phenoxy) is 1. The van der Waals surface area contributed by atoms with Crippen LogP contribution in [0, 0.1) is 18.3 Å². The summed E-state index contributed by atoms with van der Waals surface area (Å²) in [6.45, 7) is 1.88. The Morgan fingerprint density at radius 2 is 2.27 bits per heavy atom. The molecule has 0 saturated heterocycles. The van der Waals surface area contributed by atoms with Gasteiger partial charge in [0, 0.05) is 6.08 Å². The SMILES string of the molecule is COC(=O)c1ccc(C=CC#N)c(C)c1. The van der Waals surface area contributed by atoms with Gasteiger partial charge in [-0.05, 0) is 36.3 Å². The van der Waals surface area contributed by atoms with Crippen molar-refractivity contribution in [3.8, 4) is 6.07 Å². The van der Waals surface area contributed by atoms with Gasteiger partial charge in [-0.2, -0.15) is 5.26 Å². The van der Waals surface area contributed by atoms with Gasteiger partial charge in [0.15, 0.2) is 0 Å². The molecule has 0 N–H and O–H groups in total. The largest absolute Gasteiger partial charge is 0.465 e. The molecule has 0 aromatic heterocycles. The first kappa shape index (κ1) is 11.0. The van der Waals surface area contributed by atoms with Crippen molar-refractivity contribution >= 4 is 12.0 Å². The number of hydrogen-bond acceptors (Lipinski definition) is 3. The summed E-state index contributed by atoms with van der Waals surface area (Å²) in [5, 5.41) is 8.39. The van der Waals surface area contributed by atoms with E-state index >= 15 is 0 Å². The smallest absolute Gasteiger partial charge is 0.337 e. The predicted octanol–water partition coefficient (Wildman–Crippen LogP) is 2.32. The summed E-state index contributed by atoms with van der Waals surface area (Å²) in [5.74, 6) is -0.353. The summed E-state index contributed by atoms with van der Waals surface area (Å²) in [5.41, 5.74) is 2.37. The van der Waals surface area contributed by atoms with E-state index in [1.54, 1.807) is 24.3 Å². The Morgan fingerprint density at radius 3 is 2.80 bits per heavy atom. The van der Waals surface area contributed by atoms with Crippen molar-refractivity contribution in [3.63, 3.8) is 0 Å². The number of hydrogen-bond donors (Lipinski definition) is 0. The summed E-state index contributed by atoms with van der Waals surface area (Å²) >= 11 is 0. The standard InChI is InChI=1S/C12H11NO2/c1-9-8-11(12(14)15-2)6-5-10(9)4-3-7-13/h3-6,8H,1-2H3. The minimum atomic E-state index is -0.353. The molecule has 0 aliphatic heterocycles. The molecule has 1 rings (SSSR count). The molecule has 0 aliphatic rings. The number of benzene rings is 1. The van der Waals surface area contributed by atoms with Gasteiger partial charge in [-0.1, -0.05) is 6.07 Å². The van der Waals surface area contributed by atoms with Gasteiger partial charge >= 0.3 is 5.97 Å². The van der Waals surface area contributed by atoms with Crippen LogP contribution in [0.15, 0.2) is 24.3 Å². The van der Waals surface area contributed by atoms with Gasteiger partial charge in [-0.15, -0.1) is 0 Å². The minimum Gasteiger partial charge on any atom is -0.465 e. The quantitative estimate of drug-likeness (QED) is 0.545. The Balaban J connectivity index is 3.04. The molecule has 0 heterocycles. The molecule has 0 bridgehead atoms. The molecule has 1 aromatic rings. The number of esters is 1. The monoisotopic (exact) mass is 201 g/mol. The fourth-order valence-corrected chi connectivity index (χ4v) is 1.23. The number of carbonyl (C=O) groups is 1. The Labute approximate surface area is 88.6 Å². The number of allylic oxidation sites excluding steroid dienone is 1. The zero-order valence-electron chi connectivity index (χ0n) is 8.65. The highest BCUT2D eigenvalue weighted by atomic mass is 16.5. The van der Waals surface area contributed by atoms with Crippen molar-refractivity contribution in [1.82, 2.24) is 0 Å². The molecular weight excluding hydrogens is 190 g/mol. The summed E-state index contributed by atoms with van der Waals surface area (Å²) in [6, 6.07) is 7.12. The summed E-state index contributed by atoms with van der Waals surface area (Å²) < 4.78 is 4.60. The molecule has 0 aliphatic carbocycles. The molecule has 3 nitrogen and oxygen atoms in total. The number of methoxy groups -OCH3 is 1. The van der Waals surface area contributed by atoms with Gasteiger partial charge in [0.2, 0.25) is 0 Å². The second kappa shape index (κ2) is 4.97. The van der Waals surface area contributed by atoms with Crippen molar-refractivity contribution in [2.24, 2.45) is 0 Å². The topological polar surface area (TPSA) is 50.1 Å². The van der Waals surface area contributed by atoms with Crippen LogP contribution < -0.4 is 0 Å². The van der Waals surface area contributed by atoms with E-state index in [9.17, 15) is 4.79 Å². The lowest BCUT2D eigenvalue weighted by Gasteiger charge is -2.03. The maximum absolute atomic E-state index is 11.2. The average molecular weight is 201 g/mol. The molecular formula is C12H11NO2. The fraction of sp³-hybridized carbons (Fsp3) is 0.167. The van der Waals surface area contributed by atoms with Crippen LogP contribution in [0.1, 0.15) is 21.5 Å². The molecule has 0 fully saturated rings. The van der Waals surface area contributed by atoms with Crippen LogP contribution in [0.5, 0.6) is 0 Å². The molecule has 76 valence electrons. The van der Waals surface area contributed by atoms with Gasteiger partial charge in [0.05, 0.1) is 18.7 Å². The highest BCUT2D eigenvalue weighted by Gasteiger charge is 2.05. The van der Waals surface area contributed by atoms with Gasteiger partial charge in [-0.25, -0.2) is 4.79 Å².